The monoisotopic (exact) mass is 612 g/mol. The maximum Gasteiger partial charge on any atom is 0.425 e. The molecule has 45 heavy (non-hydrogen) atoms. The minimum atomic E-state index is -0.638. The molecule has 3 aromatic carbocycles. The van der Waals surface area contributed by atoms with Crippen molar-refractivity contribution in [3.05, 3.63) is 84.1 Å². The Balaban J connectivity index is 1.35. The molecule has 1 N–H and O–H groups in total. The number of carbonyl (C=O) groups excluding carboxylic acids is 1. The lowest BCUT2D eigenvalue weighted by Gasteiger charge is -2.32. The van der Waals surface area contributed by atoms with Crippen molar-refractivity contribution in [3.8, 4) is 23.0 Å². The van der Waals surface area contributed by atoms with E-state index in [1.54, 1.807) is 38.6 Å². The van der Waals surface area contributed by atoms with Crippen molar-refractivity contribution in [1.29, 1.82) is 0 Å². The van der Waals surface area contributed by atoms with Crippen molar-refractivity contribution >= 4 is 29.2 Å². The number of anilines is 4. The van der Waals surface area contributed by atoms with E-state index in [1.165, 1.54) is 4.90 Å². The van der Waals surface area contributed by atoms with Gasteiger partial charge in [0.1, 0.15) is 23.9 Å². The number of carbonyl (C=O) groups is 1. The lowest BCUT2D eigenvalue weighted by atomic mass is 10.1. The SMILES string of the molecule is COc1cc(Nc2nccc(N(C(=O)Oc3c(C)cccc3C)c3ccccc3OC)n2)ccc1OCCN1CCN(C)CC1. The van der Waals surface area contributed by atoms with Crippen LogP contribution in [0.15, 0.2) is 72.9 Å². The second-order valence-electron chi connectivity index (χ2n) is 10.8. The molecule has 4 aromatic rings. The van der Waals surface area contributed by atoms with Gasteiger partial charge in [-0.15, -0.1) is 0 Å². The third kappa shape index (κ3) is 7.81. The summed E-state index contributed by atoms with van der Waals surface area (Å²) in [6.45, 7) is 9.42. The van der Waals surface area contributed by atoms with Gasteiger partial charge in [-0.25, -0.2) is 14.7 Å². The Bertz CT molecular complexity index is 1590. The summed E-state index contributed by atoms with van der Waals surface area (Å²) in [5.74, 6) is 2.79. The van der Waals surface area contributed by atoms with E-state index in [-0.39, 0.29) is 5.95 Å². The quantitative estimate of drug-likeness (QED) is 0.223. The molecule has 0 aliphatic carbocycles. The number of nitrogens with zero attached hydrogens (tertiary/aromatic N) is 5. The molecular formula is C34H40N6O5. The van der Waals surface area contributed by atoms with Crippen molar-refractivity contribution in [1.82, 2.24) is 19.8 Å². The number of para-hydroxylation sites is 3. The molecule has 1 amide bonds. The van der Waals surface area contributed by atoms with Crippen LogP contribution in [0.2, 0.25) is 0 Å². The van der Waals surface area contributed by atoms with Gasteiger partial charge in [-0.05, 0) is 56.3 Å². The first kappa shape index (κ1) is 31.6. The van der Waals surface area contributed by atoms with Crippen molar-refractivity contribution in [2.45, 2.75) is 13.8 Å². The number of rotatable bonds is 11. The van der Waals surface area contributed by atoms with Gasteiger partial charge in [0.25, 0.3) is 0 Å². The van der Waals surface area contributed by atoms with Crippen LogP contribution < -0.4 is 29.2 Å². The average Bonchev–Trinajstić information content (AvgIpc) is 3.05. The molecule has 236 valence electrons. The molecule has 1 aromatic heterocycles. The van der Waals surface area contributed by atoms with Crippen molar-refractivity contribution < 1.29 is 23.7 Å². The van der Waals surface area contributed by atoms with Gasteiger partial charge < -0.3 is 29.2 Å². The maximum atomic E-state index is 13.8. The van der Waals surface area contributed by atoms with Crippen LogP contribution in [0, 0.1) is 13.8 Å². The van der Waals surface area contributed by atoms with Gasteiger partial charge in [-0.2, -0.15) is 4.98 Å². The van der Waals surface area contributed by atoms with E-state index in [2.05, 4.69) is 32.1 Å². The molecule has 0 bridgehead atoms. The van der Waals surface area contributed by atoms with Crippen LogP contribution >= 0.6 is 0 Å². The highest BCUT2D eigenvalue weighted by molar-refractivity contribution is 5.98. The Morgan fingerprint density at radius 3 is 2.36 bits per heavy atom. The van der Waals surface area contributed by atoms with Gasteiger partial charge in [0.05, 0.1) is 19.9 Å². The lowest BCUT2D eigenvalue weighted by Crippen LogP contribution is -2.45. The molecule has 11 heteroatoms. The number of ether oxygens (including phenoxy) is 4. The summed E-state index contributed by atoms with van der Waals surface area (Å²) < 4.78 is 23.2. The van der Waals surface area contributed by atoms with Crippen LogP contribution in [0.5, 0.6) is 23.0 Å². The smallest absolute Gasteiger partial charge is 0.425 e. The number of piperazine rings is 1. The minimum Gasteiger partial charge on any atom is -0.495 e. The van der Waals surface area contributed by atoms with Crippen LogP contribution in [0.3, 0.4) is 0 Å². The first-order chi connectivity index (χ1) is 21.9. The number of methoxy groups -OCH3 is 2. The summed E-state index contributed by atoms with van der Waals surface area (Å²) in [7, 11) is 5.30. The number of nitrogens with one attached hydrogen (secondary N) is 1. The summed E-state index contributed by atoms with van der Waals surface area (Å²) in [4.78, 5) is 29.0. The third-order valence-corrected chi connectivity index (χ3v) is 7.66. The Morgan fingerprint density at radius 1 is 0.889 bits per heavy atom. The summed E-state index contributed by atoms with van der Waals surface area (Å²) in [6, 6.07) is 20.1. The van der Waals surface area contributed by atoms with Crippen molar-refractivity contribution in [3.63, 3.8) is 0 Å². The van der Waals surface area contributed by atoms with Crippen LogP contribution in [0.25, 0.3) is 0 Å². The van der Waals surface area contributed by atoms with E-state index in [1.807, 2.05) is 62.4 Å². The second kappa shape index (κ2) is 14.7. The highest BCUT2D eigenvalue weighted by Crippen LogP contribution is 2.35. The molecule has 0 spiro atoms. The highest BCUT2D eigenvalue weighted by Gasteiger charge is 2.26. The Hall–Kier alpha value is -4.87. The predicted molar refractivity (Wildman–Crippen MR) is 175 cm³/mol. The van der Waals surface area contributed by atoms with E-state index in [0.717, 1.165) is 43.9 Å². The van der Waals surface area contributed by atoms with Crippen LogP contribution in [0.1, 0.15) is 11.1 Å². The second-order valence-corrected chi connectivity index (χ2v) is 10.8. The normalized spacial score (nSPS) is 13.6. The molecule has 11 nitrogen and oxygen atoms in total. The minimum absolute atomic E-state index is 0.276. The van der Waals surface area contributed by atoms with Gasteiger partial charge in [0, 0.05) is 56.7 Å². The zero-order valence-corrected chi connectivity index (χ0v) is 26.4. The van der Waals surface area contributed by atoms with E-state index in [9.17, 15) is 4.79 Å². The predicted octanol–water partition coefficient (Wildman–Crippen LogP) is 5.82. The first-order valence-electron chi connectivity index (χ1n) is 14.9. The molecule has 1 saturated heterocycles. The van der Waals surface area contributed by atoms with Crippen LogP contribution in [0.4, 0.5) is 27.9 Å². The standard InChI is InChI=1S/C34H40N6O5/c1-24-9-8-10-25(2)32(24)45-34(41)40(27-11-6-7-12-28(27)42-4)31-15-16-35-33(37-31)36-26-13-14-29(30(23-26)43-5)44-22-21-39-19-17-38(3)18-20-39/h6-16,23H,17-22H2,1-5H3,(H,35,36,37). The zero-order chi connectivity index (χ0) is 31.8. The summed E-state index contributed by atoms with van der Waals surface area (Å²) >= 11 is 0. The Kier molecular flexibility index (Phi) is 10.3. The Labute approximate surface area is 264 Å². The number of hydrogen-bond acceptors (Lipinski definition) is 10. The molecule has 0 saturated carbocycles. The molecule has 1 fully saturated rings. The number of aryl methyl sites for hydroxylation is 2. The van der Waals surface area contributed by atoms with E-state index < -0.39 is 6.09 Å². The number of likely N-dealkylation sites (N-methyl/N-ethyl adjacent to an activating group) is 1. The fraction of sp³-hybridized carbons (Fsp3) is 0.324. The molecular weight excluding hydrogens is 572 g/mol. The van der Waals surface area contributed by atoms with E-state index >= 15 is 0 Å². The topological polar surface area (TPSA) is 102 Å². The fourth-order valence-corrected chi connectivity index (χ4v) is 5.11. The summed E-state index contributed by atoms with van der Waals surface area (Å²) in [6.07, 6.45) is 0.938. The van der Waals surface area contributed by atoms with Gasteiger partial charge >= 0.3 is 6.09 Å². The van der Waals surface area contributed by atoms with Gasteiger partial charge in [0.15, 0.2) is 11.5 Å². The molecule has 2 heterocycles. The maximum absolute atomic E-state index is 13.8. The van der Waals surface area contributed by atoms with Crippen LogP contribution in [-0.4, -0.2) is 86.5 Å². The highest BCUT2D eigenvalue weighted by atomic mass is 16.6. The van der Waals surface area contributed by atoms with Gasteiger partial charge in [-0.3, -0.25) is 4.90 Å². The summed E-state index contributed by atoms with van der Waals surface area (Å²) in [5, 5.41) is 3.22. The number of aromatic nitrogens is 2. The zero-order valence-electron chi connectivity index (χ0n) is 26.4. The fourth-order valence-electron chi connectivity index (χ4n) is 5.11. The number of benzene rings is 3. The molecule has 1 aliphatic heterocycles. The molecule has 5 rings (SSSR count). The van der Waals surface area contributed by atoms with Crippen molar-refractivity contribution in [2.24, 2.45) is 0 Å². The lowest BCUT2D eigenvalue weighted by molar-refractivity contribution is 0.133. The third-order valence-electron chi connectivity index (χ3n) is 7.66. The molecule has 0 atom stereocenters. The molecule has 0 unspecified atom stereocenters. The summed E-state index contributed by atoms with van der Waals surface area (Å²) in [5.41, 5.74) is 2.85. The van der Waals surface area contributed by atoms with Crippen LogP contribution in [-0.2, 0) is 0 Å². The van der Waals surface area contributed by atoms with Gasteiger partial charge in [-0.1, -0.05) is 30.3 Å². The van der Waals surface area contributed by atoms with E-state index in [0.29, 0.717) is 46.8 Å². The molecule has 1 aliphatic rings. The Morgan fingerprint density at radius 2 is 1.62 bits per heavy atom. The number of hydrogen-bond donors (Lipinski definition) is 1. The number of amides is 1. The van der Waals surface area contributed by atoms with Crippen molar-refractivity contribution in [2.75, 3.05) is 70.8 Å². The van der Waals surface area contributed by atoms with E-state index in [4.69, 9.17) is 18.9 Å². The first-order valence-corrected chi connectivity index (χ1v) is 14.9. The van der Waals surface area contributed by atoms with Gasteiger partial charge in [0.2, 0.25) is 5.95 Å². The molecule has 0 radical (unpaired) electrons. The largest absolute Gasteiger partial charge is 0.495 e. The average molecular weight is 613 g/mol.